The summed E-state index contributed by atoms with van der Waals surface area (Å²) >= 11 is 0. The van der Waals surface area contributed by atoms with Gasteiger partial charge in [-0.3, -0.25) is 9.88 Å². The third kappa shape index (κ3) is 1.76. The zero-order chi connectivity index (χ0) is 14.4. The molecule has 0 amide bonds. The fraction of sp³-hybridized carbons (Fsp3) is 0.0667. The van der Waals surface area contributed by atoms with Crippen molar-refractivity contribution < 1.29 is 4.39 Å². The lowest BCUT2D eigenvalue weighted by Gasteiger charge is -2.24. The summed E-state index contributed by atoms with van der Waals surface area (Å²) in [4.78, 5) is 8.82. The molecular formula is C15H12FN5. The lowest BCUT2D eigenvalue weighted by Crippen LogP contribution is -2.31. The maximum atomic E-state index is 14.1. The standard InChI is InChI=1S/C15H12FN5/c16-10-6-2-1-5-9(10)13-19-14(17)20-15-18-11-7-3-4-8-12(11)21(13)15/h1-8,13H,(H3,17,18,19,20). The summed E-state index contributed by atoms with van der Waals surface area (Å²) in [6, 6.07) is 14.2. The highest BCUT2D eigenvalue weighted by molar-refractivity contribution is 5.94. The molecule has 5 nitrogen and oxygen atoms in total. The highest BCUT2D eigenvalue weighted by Gasteiger charge is 2.26. The minimum Gasteiger partial charge on any atom is -0.370 e. The molecule has 0 radical (unpaired) electrons. The van der Waals surface area contributed by atoms with Gasteiger partial charge in [-0.15, -0.1) is 0 Å². The molecule has 3 aromatic rings. The highest BCUT2D eigenvalue weighted by Crippen LogP contribution is 2.33. The molecule has 2 heterocycles. The Morgan fingerprint density at radius 3 is 2.71 bits per heavy atom. The SMILES string of the molecule is NC1=NC(c2ccccc2F)n2c(nc3ccccc32)N1. The summed E-state index contributed by atoms with van der Waals surface area (Å²) in [6.07, 6.45) is -0.560. The Bertz CT molecular complexity index is 867. The first kappa shape index (κ1) is 11.9. The van der Waals surface area contributed by atoms with E-state index in [1.54, 1.807) is 18.2 Å². The fourth-order valence-electron chi connectivity index (χ4n) is 2.61. The van der Waals surface area contributed by atoms with Crippen LogP contribution in [-0.4, -0.2) is 15.5 Å². The smallest absolute Gasteiger partial charge is 0.212 e. The number of nitrogens with zero attached hydrogens (tertiary/aromatic N) is 3. The molecule has 1 aliphatic rings. The molecule has 1 unspecified atom stereocenters. The number of nitrogens with two attached hydrogens (primary N) is 1. The average molecular weight is 281 g/mol. The number of benzene rings is 2. The van der Waals surface area contributed by atoms with E-state index in [1.807, 2.05) is 28.8 Å². The summed E-state index contributed by atoms with van der Waals surface area (Å²) in [7, 11) is 0. The van der Waals surface area contributed by atoms with Crippen LogP contribution in [0.4, 0.5) is 10.3 Å². The summed E-state index contributed by atoms with van der Waals surface area (Å²) in [5.74, 6) is 0.479. The minimum atomic E-state index is -0.560. The monoisotopic (exact) mass is 281 g/mol. The second-order valence-corrected chi connectivity index (χ2v) is 4.83. The van der Waals surface area contributed by atoms with Crippen LogP contribution in [-0.2, 0) is 0 Å². The average Bonchev–Trinajstić information content (AvgIpc) is 2.85. The van der Waals surface area contributed by atoms with Crippen molar-refractivity contribution in [3.63, 3.8) is 0 Å². The Morgan fingerprint density at radius 1 is 1.10 bits per heavy atom. The maximum absolute atomic E-state index is 14.1. The van der Waals surface area contributed by atoms with Gasteiger partial charge in [-0.1, -0.05) is 30.3 Å². The number of rotatable bonds is 1. The van der Waals surface area contributed by atoms with Gasteiger partial charge in [0.15, 0.2) is 12.1 Å². The van der Waals surface area contributed by atoms with Gasteiger partial charge >= 0.3 is 0 Å². The lowest BCUT2D eigenvalue weighted by atomic mass is 10.1. The Kier molecular flexibility index (Phi) is 2.44. The number of anilines is 1. The second kappa shape index (κ2) is 4.31. The molecule has 3 N–H and O–H groups in total. The van der Waals surface area contributed by atoms with Gasteiger partial charge in [0.25, 0.3) is 0 Å². The zero-order valence-corrected chi connectivity index (χ0v) is 11.0. The van der Waals surface area contributed by atoms with E-state index >= 15 is 0 Å². The predicted molar refractivity (Wildman–Crippen MR) is 79.5 cm³/mol. The van der Waals surface area contributed by atoms with E-state index in [1.165, 1.54) is 6.07 Å². The number of halogens is 1. The van der Waals surface area contributed by atoms with Gasteiger partial charge in [0, 0.05) is 5.56 Å². The Balaban J connectivity index is 2.00. The Hall–Kier alpha value is -2.89. The third-order valence-corrected chi connectivity index (χ3v) is 3.53. The summed E-state index contributed by atoms with van der Waals surface area (Å²) in [5.41, 5.74) is 7.97. The number of hydrogen-bond acceptors (Lipinski definition) is 4. The molecule has 21 heavy (non-hydrogen) atoms. The third-order valence-electron chi connectivity index (χ3n) is 3.53. The van der Waals surface area contributed by atoms with Gasteiger partial charge in [-0.05, 0) is 18.2 Å². The van der Waals surface area contributed by atoms with Gasteiger partial charge in [0.2, 0.25) is 5.95 Å². The fourth-order valence-corrected chi connectivity index (χ4v) is 2.61. The molecule has 0 saturated heterocycles. The number of nitrogens with one attached hydrogen (secondary N) is 1. The highest BCUT2D eigenvalue weighted by atomic mass is 19.1. The molecule has 0 aliphatic carbocycles. The normalized spacial score (nSPS) is 17.2. The molecule has 2 aromatic carbocycles. The summed E-state index contributed by atoms with van der Waals surface area (Å²) in [6.45, 7) is 0. The van der Waals surface area contributed by atoms with Gasteiger partial charge in [-0.2, -0.15) is 0 Å². The quantitative estimate of drug-likeness (QED) is 0.720. The van der Waals surface area contributed by atoms with E-state index in [4.69, 9.17) is 5.73 Å². The molecule has 104 valence electrons. The van der Waals surface area contributed by atoms with Crippen molar-refractivity contribution in [2.45, 2.75) is 6.17 Å². The molecule has 0 bridgehead atoms. The van der Waals surface area contributed by atoms with E-state index in [2.05, 4.69) is 15.3 Å². The molecule has 0 fully saturated rings. The minimum absolute atomic E-state index is 0.228. The lowest BCUT2D eigenvalue weighted by molar-refractivity contribution is 0.551. The topological polar surface area (TPSA) is 68.2 Å². The number of para-hydroxylation sites is 2. The van der Waals surface area contributed by atoms with Gasteiger partial charge in [-0.25, -0.2) is 14.4 Å². The molecule has 1 aliphatic heterocycles. The van der Waals surface area contributed by atoms with Crippen molar-refractivity contribution >= 4 is 22.9 Å². The van der Waals surface area contributed by atoms with E-state index in [0.717, 1.165) is 11.0 Å². The van der Waals surface area contributed by atoms with Crippen molar-refractivity contribution in [1.29, 1.82) is 0 Å². The van der Waals surface area contributed by atoms with Crippen LogP contribution in [0.15, 0.2) is 53.5 Å². The molecule has 1 atom stereocenters. The van der Waals surface area contributed by atoms with Gasteiger partial charge in [0.05, 0.1) is 11.0 Å². The summed E-state index contributed by atoms with van der Waals surface area (Å²) < 4.78 is 16.0. The van der Waals surface area contributed by atoms with E-state index < -0.39 is 6.17 Å². The van der Waals surface area contributed by atoms with Gasteiger partial charge < -0.3 is 5.73 Å². The second-order valence-electron chi connectivity index (χ2n) is 4.83. The van der Waals surface area contributed by atoms with Crippen LogP contribution in [0.2, 0.25) is 0 Å². The van der Waals surface area contributed by atoms with Crippen molar-refractivity contribution in [2.75, 3.05) is 5.32 Å². The molecule has 0 saturated carbocycles. The van der Waals surface area contributed by atoms with Crippen LogP contribution in [0.5, 0.6) is 0 Å². The predicted octanol–water partition coefficient (Wildman–Crippen LogP) is 2.46. The molecule has 4 rings (SSSR count). The number of aliphatic imine (C=N–C) groups is 1. The Morgan fingerprint density at radius 2 is 1.86 bits per heavy atom. The number of hydrogen-bond donors (Lipinski definition) is 2. The molecule has 6 heteroatoms. The first-order valence-electron chi connectivity index (χ1n) is 6.56. The Labute approximate surface area is 119 Å². The number of imidazole rings is 1. The van der Waals surface area contributed by atoms with Crippen molar-refractivity contribution in [2.24, 2.45) is 10.7 Å². The first-order chi connectivity index (χ1) is 10.2. The van der Waals surface area contributed by atoms with Crippen molar-refractivity contribution in [1.82, 2.24) is 9.55 Å². The number of aromatic nitrogens is 2. The summed E-state index contributed by atoms with van der Waals surface area (Å²) in [5, 5.41) is 2.93. The first-order valence-corrected chi connectivity index (χ1v) is 6.56. The van der Waals surface area contributed by atoms with Crippen LogP contribution in [0.25, 0.3) is 11.0 Å². The van der Waals surface area contributed by atoms with E-state index in [0.29, 0.717) is 11.5 Å². The number of guanidine groups is 1. The maximum Gasteiger partial charge on any atom is 0.212 e. The van der Waals surface area contributed by atoms with Crippen LogP contribution >= 0.6 is 0 Å². The van der Waals surface area contributed by atoms with Crippen LogP contribution < -0.4 is 11.1 Å². The van der Waals surface area contributed by atoms with E-state index in [9.17, 15) is 4.39 Å². The van der Waals surface area contributed by atoms with Crippen LogP contribution in [0, 0.1) is 5.82 Å². The van der Waals surface area contributed by atoms with Crippen LogP contribution in [0.1, 0.15) is 11.7 Å². The van der Waals surface area contributed by atoms with Gasteiger partial charge in [0.1, 0.15) is 5.82 Å². The van der Waals surface area contributed by atoms with Crippen molar-refractivity contribution in [3.8, 4) is 0 Å². The molecule has 0 spiro atoms. The molecule has 1 aromatic heterocycles. The largest absolute Gasteiger partial charge is 0.370 e. The zero-order valence-electron chi connectivity index (χ0n) is 11.0. The van der Waals surface area contributed by atoms with E-state index in [-0.39, 0.29) is 11.8 Å². The van der Waals surface area contributed by atoms with Crippen molar-refractivity contribution in [3.05, 3.63) is 59.9 Å². The molecular weight excluding hydrogens is 269 g/mol. The number of fused-ring (bicyclic) bond motifs is 3. The van der Waals surface area contributed by atoms with Crippen LogP contribution in [0.3, 0.4) is 0 Å².